The van der Waals surface area contributed by atoms with Crippen LogP contribution in [0.1, 0.15) is 33.1 Å². The number of Topliss-reactive ketones (excluding diaryl/α,β-unsaturated/α-hetero) is 1. The number of hydrogen-bond donors (Lipinski definition) is 0. The third-order valence-electron chi connectivity index (χ3n) is 2.63. The minimum atomic E-state index is 0.0287. The lowest BCUT2D eigenvalue weighted by atomic mass is 9.97. The highest BCUT2D eigenvalue weighted by Crippen LogP contribution is 2.23. The molecule has 0 bridgehead atoms. The van der Waals surface area contributed by atoms with Crippen LogP contribution in [0.15, 0.2) is 28.8 Å². The molecular formula is C13H18ClNO. The van der Waals surface area contributed by atoms with Crippen LogP contribution in [0.2, 0.25) is 0 Å². The number of rotatable bonds is 3. The fourth-order valence-corrected chi connectivity index (χ4v) is 1.84. The maximum absolute atomic E-state index is 10.8. The van der Waals surface area contributed by atoms with Gasteiger partial charge in [-0.2, -0.15) is 0 Å². The van der Waals surface area contributed by atoms with Crippen LogP contribution in [-0.2, 0) is 4.79 Å². The highest BCUT2D eigenvalue weighted by Gasteiger charge is 2.09. The maximum Gasteiger partial charge on any atom is 0.151 e. The summed E-state index contributed by atoms with van der Waals surface area (Å²) in [5.74, 6) is 0.543. The molecule has 0 aromatic carbocycles. The van der Waals surface area contributed by atoms with Crippen LogP contribution in [0.3, 0.4) is 0 Å². The van der Waals surface area contributed by atoms with Gasteiger partial charge in [0.2, 0.25) is 0 Å². The van der Waals surface area contributed by atoms with Gasteiger partial charge in [-0.3, -0.25) is 9.79 Å². The molecule has 3 heteroatoms. The summed E-state index contributed by atoms with van der Waals surface area (Å²) in [6.07, 6.45) is 9.68. The van der Waals surface area contributed by atoms with Gasteiger partial charge in [-0.05, 0) is 43.8 Å². The molecule has 1 aliphatic carbocycles. The van der Waals surface area contributed by atoms with Gasteiger partial charge in [0, 0.05) is 0 Å². The number of carbonyl (C=O) groups is 1. The largest absolute Gasteiger partial charge is 0.298 e. The summed E-state index contributed by atoms with van der Waals surface area (Å²) < 4.78 is 0. The lowest BCUT2D eigenvalue weighted by Gasteiger charge is -2.09. The number of aliphatic imine (C=N–C) groups is 1. The number of allylic oxidation sites excluding steroid dienone is 4. The van der Waals surface area contributed by atoms with Crippen LogP contribution in [0.4, 0.5) is 0 Å². The van der Waals surface area contributed by atoms with E-state index in [-0.39, 0.29) is 12.3 Å². The summed E-state index contributed by atoms with van der Waals surface area (Å²) in [4.78, 5) is 14.8. The molecule has 0 saturated heterocycles. The minimum absolute atomic E-state index is 0.0287. The molecule has 0 heterocycles. The molecule has 1 rings (SSSR count). The monoisotopic (exact) mass is 239 g/mol. The van der Waals surface area contributed by atoms with Crippen LogP contribution >= 0.6 is 11.6 Å². The average Bonchev–Trinajstić information content (AvgIpc) is 2.42. The molecule has 0 aromatic heterocycles. The van der Waals surface area contributed by atoms with Crippen molar-refractivity contribution in [2.75, 3.05) is 6.54 Å². The van der Waals surface area contributed by atoms with E-state index in [0.29, 0.717) is 11.1 Å². The molecule has 0 fully saturated rings. The van der Waals surface area contributed by atoms with Crippen LogP contribution in [0.25, 0.3) is 0 Å². The molecule has 0 N–H and O–H groups in total. The van der Waals surface area contributed by atoms with E-state index in [9.17, 15) is 4.79 Å². The van der Waals surface area contributed by atoms with Crippen molar-refractivity contribution in [1.82, 2.24) is 0 Å². The fourth-order valence-electron chi connectivity index (χ4n) is 1.65. The third-order valence-corrected chi connectivity index (χ3v) is 2.85. The van der Waals surface area contributed by atoms with E-state index in [1.54, 1.807) is 0 Å². The molecule has 0 aliphatic heterocycles. The third kappa shape index (κ3) is 4.75. The van der Waals surface area contributed by atoms with E-state index in [0.717, 1.165) is 6.42 Å². The molecule has 1 aliphatic rings. The summed E-state index contributed by atoms with van der Waals surface area (Å²) in [5, 5.41) is 0.420. The van der Waals surface area contributed by atoms with Crippen molar-refractivity contribution in [2.45, 2.75) is 33.1 Å². The Labute approximate surface area is 102 Å². The van der Waals surface area contributed by atoms with Gasteiger partial charge in [-0.1, -0.05) is 30.7 Å². The fraction of sp³-hybridized carbons (Fsp3) is 0.538. The van der Waals surface area contributed by atoms with Crippen LogP contribution in [-0.4, -0.2) is 17.5 Å². The van der Waals surface area contributed by atoms with E-state index in [1.165, 1.54) is 25.3 Å². The van der Waals surface area contributed by atoms with E-state index in [4.69, 9.17) is 11.6 Å². The Bertz CT molecular complexity index is 342. The van der Waals surface area contributed by atoms with Crippen molar-refractivity contribution in [1.29, 1.82) is 0 Å². The maximum atomic E-state index is 10.8. The van der Waals surface area contributed by atoms with Gasteiger partial charge in [-0.25, -0.2) is 0 Å². The smallest absolute Gasteiger partial charge is 0.151 e. The number of halogens is 1. The van der Waals surface area contributed by atoms with Crippen molar-refractivity contribution in [3.05, 3.63) is 23.8 Å². The summed E-state index contributed by atoms with van der Waals surface area (Å²) >= 11 is 5.96. The molecule has 0 amide bonds. The van der Waals surface area contributed by atoms with Crippen LogP contribution in [0.5, 0.6) is 0 Å². The first-order valence-corrected chi connectivity index (χ1v) is 6.05. The molecule has 88 valence electrons. The second kappa shape index (κ2) is 6.64. The highest BCUT2D eigenvalue weighted by molar-refractivity contribution is 6.68. The number of hydrogen-bond acceptors (Lipinski definition) is 2. The zero-order valence-corrected chi connectivity index (χ0v) is 10.6. The second-order valence-corrected chi connectivity index (χ2v) is 4.61. The lowest BCUT2D eigenvalue weighted by molar-refractivity contribution is -0.115. The minimum Gasteiger partial charge on any atom is -0.298 e. The Kier molecular flexibility index (Phi) is 5.47. The van der Waals surface area contributed by atoms with Gasteiger partial charge in [0.05, 0.1) is 6.54 Å². The molecule has 2 nitrogen and oxygen atoms in total. The quantitative estimate of drug-likeness (QED) is 0.693. The zero-order chi connectivity index (χ0) is 12.0. The summed E-state index contributed by atoms with van der Waals surface area (Å²) in [7, 11) is 0. The van der Waals surface area contributed by atoms with Gasteiger partial charge in [0.1, 0.15) is 5.17 Å². The summed E-state index contributed by atoms with van der Waals surface area (Å²) in [5.41, 5.74) is 1.20. The van der Waals surface area contributed by atoms with Gasteiger partial charge in [-0.15, -0.1) is 0 Å². The Morgan fingerprint density at radius 2 is 2.44 bits per heavy atom. The Balaban J connectivity index is 2.72. The molecule has 16 heavy (non-hydrogen) atoms. The SMILES string of the molecule is CC(=O)CN=C(Cl)/C=C1/C=CCCCC1C. The molecule has 0 radical (unpaired) electrons. The van der Waals surface area contributed by atoms with Crippen molar-refractivity contribution in [2.24, 2.45) is 10.9 Å². The topological polar surface area (TPSA) is 29.4 Å². The molecule has 0 spiro atoms. The van der Waals surface area contributed by atoms with Crippen molar-refractivity contribution in [3.8, 4) is 0 Å². The van der Waals surface area contributed by atoms with Crippen molar-refractivity contribution < 1.29 is 4.79 Å². The highest BCUT2D eigenvalue weighted by atomic mass is 35.5. The first-order chi connectivity index (χ1) is 7.59. The summed E-state index contributed by atoms with van der Waals surface area (Å²) in [6, 6.07) is 0. The van der Waals surface area contributed by atoms with E-state index in [2.05, 4.69) is 24.1 Å². The molecular weight excluding hydrogens is 222 g/mol. The second-order valence-electron chi connectivity index (χ2n) is 4.22. The first kappa shape index (κ1) is 13.2. The molecule has 0 saturated carbocycles. The predicted molar refractivity (Wildman–Crippen MR) is 69.1 cm³/mol. The van der Waals surface area contributed by atoms with Gasteiger partial charge in [0.15, 0.2) is 5.78 Å². The Morgan fingerprint density at radius 3 is 3.12 bits per heavy atom. The van der Waals surface area contributed by atoms with E-state index < -0.39 is 0 Å². The molecule has 1 atom stereocenters. The van der Waals surface area contributed by atoms with Crippen LogP contribution < -0.4 is 0 Å². The van der Waals surface area contributed by atoms with Gasteiger partial charge >= 0.3 is 0 Å². The summed E-state index contributed by atoms with van der Waals surface area (Å²) in [6.45, 7) is 3.87. The predicted octanol–water partition coefficient (Wildman–Crippen LogP) is 3.52. The normalized spacial score (nSPS) is 24.6. The van der Waals surface area contributed by atoms with Gasteiger partial charge in [0.25, 0.3) is 0 Å². The number of carbonyl (C=O) groups excluding carboxylic acids is 1. The Morgan fingerprint density at radius 1 is 1.69 bits per heavy atom. The Hall–Kier alpha value is -0.890. The number of nitrogens with zero attached hydrogens (tertiary/aromatic N) is 1. The average molecular weight is 240 g/mol. The van der Waals surface area contributed by atoms with Gasteiger partial charge < -0.3 is 0 Å². The van der Waals surface area contributed by atoms with Crippen molar-refractivity contribution >= 4 is 22.6 Å². The molecule has 0 aromatic rings. The van der Waals surface area contributed by atoms with E-state index in [1.807, 2.05) is 6.08 Å². The lowest BCUT2D eigenvalue weighted by Crippen LogP contribution is -2.00. The van der Waals surface area contributed by atoms with Crippen LogP contribution in [0, 0.1) is 5.92 Å². The zero-order valence-electron chi connectivity index (χ0n) is 9.87. The number of ketones is 1. The van der Waals surface area contributed by atoms with Crippen molar-refractivity contribution in [3.63, 3.8) is 0 Å². The standard InChI is InChI=1S/C13H18ClNO/c1-10-6-4-3-5-7-12(10)8-13(14)15-9-11(2)16/h5,7-8,10H,3-4,6,9H2,1-2H3/b12-8-,15-13?. The molecule has 1 unspecified atom stereocenters. The first-order valence-electron chi connectivity index (χ1n) is 5.67. The van der Waals surface area contributed by atoms with E-state index >= 15 is 0 Å².